The Balaban J connectivity index is 1.87. The standard InChI is InChI=1S/C21H26N4O/c1-5-6-7-17-13-23-18(14-22-17)16-8-9-19-20(12-16)24(4)21(26)25(19)11-10-15(2)3/h5-9,12-15,21,26H,1,10-11H2,2-4H3/b7-6-. The van der Waals surface area contributed by atoms with Crippen LogP contribution in [0.1, 0.15) is 26.0 Å². The molecule has 0 fully saturated rings. The van der Waals surface area contributed by atoms with Crippen LogP contribution in [0, 0.1) is 5.92 Å². The highest BCUT2D eigenvalue weighted by atomic mass is 16.3. The lowest BCUT2D eigenvalue weighted by molar-refractivity contribution is 0.176. The van der Waals surface area contributed by atoms with Gasteiger partial charge in [0.05, 0.1) is 35.2 Å². The molecule has 2 aromatic rings. The normalized spacial score (nSPS) is 16.6. The van der Waals surface area contributed by atoms with Crippen LogP contribution in [0.25, 0.3) is 17.3 Å². The summed E-state index contributed by atoms with van der Waals surface area (Å²) in [6, 6.07) is 6.17. The molecule has 5 heteroatoms. The number of hydrogen-bond donors (Lipinski definition) is 1. The SMILES string of the molecule is C=C/C=C\c1cnc(-c2ccc3c(c2)N(C)C(O)N3CCC(C)C)cn1. The van der Waals surface area contributed by atoms with Crippen molar-refractivity contribution in [3.05, 3.63) is 55.0 Å². The van der Waals surface area contributed by atoms with Crippen molar-refractivity contribution in [2.75, 3.05) is 23.4 Å². The number of anilines is 2. The first-order valence-corrected chi connectivity index (χ1v) is 8.94. The highest BCUT2D eigenvalue weighted by Gasteiger charge is 2.32. The molecule has 0 aliphatic carbocycles. The van der Waals surface area contributed by atoms with Gasteiger partial charge in [0, 0.05) is 19.2 Å². The maximum absolute atomic E-state index is 10.6. The summed E-state index contributed by atoms with van der Waals surface area (Å²) in [7, 11) is 1.91. The predicted octanol–water partition coefficient (Wildman–Crippen LogP) is 3.92. The number of hydrogen-bond acceptors (Lipinski definition) is 5. The first kappa shape index (κ1) is 18.1. The van der Waals surface area contributed by atoms with Crippen molar-refractivity contribution in [2.24, 2.45) is 5.92 Å². The summed E-state index contributed by atoms with van der Waals surface area (Å²) in [4.78, 5) is 12.9. The van der Waals surface area contributed by atoms with Crippen LogP contribution >= 0.6 is 0 Å². The van der Waals surface area contributed by atoms with Crippen molar-refractivity contribution in [1.82, 2.24) is 9.97 Å². The van der Waals surface area contributed by atoms with Gasteiger partial charge >= 0.3 is 0 Å². The number of aliphatic hydroxyl groups excluding tert-OH is 1. The van der Waals surface area contributed by atoms with Gasteiger partial charge in [-0.2, -0.15) is 0 Å². The molecule has 1 aromatic carbocycles. The summed E-state index contributed by atoms with van der Waals surface area (Å²) in [5.41, 5.74) is 4.66. The van der Waals surface area contributed by atoms with Crippen LogP contribution in [-0.2, 0) is 0 Å². The number of allylic oxidation sites excluding steroid dienone is 2. The number of aromatic nitrogens is 2. The highest BCUT2D eigenvalue weighted by molar-refractivity contribution is 5.81. The summed E-state index contributed by atoms with van der Waals surface area (Å²) in [5.74, 6) is 0.597. The molecule has 1 aliphatic heterocycles. The van der Waals surface area contributed by atoms with Crippen molar-refractivity contribution in [3.8, 4) is 11.3 Å². The number of nitrogens with zero attached hydrogens (tertiary/aromatic N) is 4. The molecule has 1 atom stereocenters. The minimum atomic E-state index is -0.628. The van der Waals surface area contributed by atoms with E-state index in [0.29, 0.717) is 5.92 Å². The maximum atomic E-state index is 10.6. The lowest BCUT2D eigenvalue weighted by atomic mass is 10.1. The van der Waals surface area contributed by atoms with Crippen molar-refractivity contribution in [2.45, 2.75) is 26.6 Å². The molecule has 26 heavy (non-hydrogen) atoms. The van der Waals surface area contributed by atoms with Crippen LogP contribution in [0.3, 0.4) is 0 Å². The van der Waals surface area contributed by atoms with Crippen molar-refractivity contribution >= 4 is 17.5 Å². The van der Waals surface area contributed by atoms with Crippen LogP contribution in [0.5, 0.6) is 0 Å². The lowest BCUT2D eigenvalue weighted by Gasteiger charge is -2.26. The van der Waals surface area contributed by atoms with E-state index in [9.17, 15) is 5.11 Å². The van der Waals surface area contributed by atoms with E-state index in [2.05, 4.69) is 42.5 Å². The van der Waals surface area contributed by atoms with E-state index in [-0.39, 0.29) is 0 Å². The van der Waals surface area contributed by atoms with E-state index in [1.165, 1.54) is 0 Å². The third-order valence-corrected chi connectivity index (χ3v) is 4.61. The minimum absolute atomic E-state index is 0.597. The Morgan fingerprint density at radius 1 is 1.23 bits per heavy atom. The Kier molecular flexibility index (Phi) is 5.38. The van der Waals surface area contributed by atoms with E-state index in [0.717, 1.165) is 41.3 Å². The molecule has 0 bridgehead atoms. The summed E-state index contributed by atoms with van der Waals surface area (Å²) in [5, 5.41) is 10.6. The monoisotopic (exact) mass is 350 g/mol. The van der Waals surface area contributed by atoms with Gasteiger partial charge in [-0.3, -0.25) is 9.97 Å². The number of benzene rings is 1. The lowest BCUT2D eigenvalue weighted by Crippen LogP contribution is -2.41. The second-order valence-electron chi connectivity index (χ2n) is 6.96. The predicted molar refractivity (Wildman–Crippen MR) is 108 cm³/mol. The smallest absolute Gasteiger partial charge is 0.207 e. The highest BCUT2D eigenvalue weighted by Crippen LogP contribution is 2.40. The molecule has 1 unspecified atom stereocenters. The largest absolute Gasteiger partial charge is 0.356 e. The van der Waals surface area contributed by atoms with Gasteiger partial charge in [-0.25, -0.2) is 0 Å². The van der Waals surface area contributed by atoms with Crippen molar-refractivity contribution in [3.63, 3.8) is 0 Å². The molecule has 136 valence electrons. The van der Waals surface area contributed by atoms with Gasteiger partial charge < -0.3 is 14.9 Å². The van der Waals surface area contributed by atoms with E-state index >= 15 is 0 Å². The Hall–Kier alpha value is -2.66. The van der Waals surface area contributed by atoms with Gasteiger partial charge in [0.2, 0.25) is 6.35 Å². The molecule has 0 radical (unpaired) electrons. The molecule has 3 rings (SSSR count). The Labute approximate surface area is 155 Å². The molecular formula is C21H26N4O. The molecule has 0 saturated heterocycles. The van der Waals surface area contributed by atoms with Crippen LogP contribution in [0.4, 0.5) is 11.4 Å². The summed E-state index contributed by atoms with van der Waals surface area (Å²) >= 11 is 0. The Morgan fingerprint density at radius 2 is 2.04 bits per heavy atom. The maximum Gasteiger partial charge on any atom is 0.207 e. The third kappa shape index (κ3) is 3.63. The fourth-order valence-electron chi connectivity index (χ4n) is 3.04. The van der Waals surface area contributed by atoms with E-state index < -0.39 is 6.35 Å². The molecule has 5 nitrogen and oxygen atoms in total. The third-order valence-electron chi connectivity index (χ3n) is 4.61. The second-order valence-corrected chi connectivity index (χ2v) is 6.96. The Morgan fingerprint density at radius 3 is 2.69 bits per heavy atom. The van der Waals surface area contributed by atoms with Gasteiger partial charge in [0.15, 0.2) is 0 Å². The van der Waals surface area contributed by atoms with Gasteiger partial charge in [0.1, 0.15) is 0 Å². The number of aliphatic hydroxyl groups is 1. The van der Waals surface area contributed by atoms with E-state index in [1.807, 2.05) is 35.1 Å². The van der Waals surface area contributed by atoms with Crippen LogP contribution in [-0.4, -0.2) is 35.0 Å². The van der Waals surface area contributed by atoms with Crippen LogP contribution < -0.4 is 9.80 Å². The van der Waals surface area contributed by atoms with Gasteiger partial charge in [-0.1, -0.05) is 38.6 Å². The summed E-state index contributed by atoms with van der Waals surface area (Å²) in [6.07, 6.45) is 9.34. The summed E-state index contributed by atoms with van der Waals surface area (Å²) < 4.78 is 0. The van der Waals surface area contributed by atoms with Crippen LogP contribution in [0.15, 0.2) is 49.3 Å². The van der Waals surface area contributed by atoms with Crippen molar-refractivity contribution < 1.29 is 5.11 Å². The van der Waals surface area contributed by atoms with Gasteiger partial charge in [-0.15, -0.1) is 0 Å². The summed E-state index contributed by atoms with van der Waals surface area (Å²) in [6.45, 7) is 8.88. The minimum Gasteiger partial charge on any atom is -0.356 e. The molecule has 1 N–H and O–H groups in total. The molecule has 0 amide bonds. The van der Waals surface area contributed by atoms with E-state index in [4.69, 9.17) is 0 Å². The van der Waals surface area contributed by atoms with E-state index in [1.54, 1.807) is 18.5 Å². The fourth-order valence-corrected chi connectivity index (χ4v) is 3.04. The quantitative estimate of drug-likeness (QED) is 0.800. The molecule has 2 heterocycles. The molecule has 0 spiro atoms. The average Bonchev–Trinajstić information content (AvgIpc) is 2.89. The van der Waals surface area contributed by atoms with Gasteiger partial charge in [0.25, 0.3) is 0 Å². The first-order chi connectivity index (χ1) is 12.5. The topological polar surface area (TPSA) is 52.5 Å². The number of fused-ring (bicyclic) bond motifs is 1. The van der Waals surface area contributed by atoms with Crippen LogP contribution in [0.2, 0.25) is 0 Å². The Bertz CT molecular complexity index is 798. The van der Waals surface area contributed by atoms with Crippen molar-refractivity contribution in [1.29, 1.82) is 0 Å². The number of rotatable bonds is 6. The zero-order chi connectivity index (χ0) is 18.7. The zero-order valence-corrected chi connectivity index (χ0v) is 15.6. The second kappa shape index (κ2) is 7.70. The molecule has 0 saturated carbocycles. The molecule has 1 aliphatic rings. The first-order valence-electron chi connectivity index (χ1n) is 8.94. The average molecular weight is 350 g/mol. The fraction of sp³-hybridized carbons (Fsp3) is 0.333. The zero-order valence-electron chi connectivity index (χ0n) is 15.6. The molecule has 1 aromatic heterocycles. The van der Waals surface area contributed by atoms with Gasteiger partial charge in [-0.05, 0) is 30.5 Å². The molecular weight excluding hydrogens is 324 g/mol.